The van der Waals surface area contributed by atoms with E-state index in [4.69, 9.17) is 15.0 Å². The molecule has 0 spiro atoms. The number of para-hydroxylation sites is 2. The first kappa shape index (κ1) is 18.7. The van der Waals surface area contributed by atoms with Crippen LogP contribution < -0.4 is 0 Å². The molecule has 0 aliphatic rings. The van der Waals surface area contributed by atoms with Gasteiger partial charge in [0.05, 0.1) is 34.2 Å². The molecular formula is C24H25N3. The maximum absolute atomic E-state index is 4.84. The highest BCUT2D eigenvalue weighted by molar-refractivity contribution is 6.02. The van der Waals surface area contributed by atoms with Gasteiger partial charge in [-0.25, -0.2) is 4.98 Å². The lowest BCUT2D eigenvalue weighted by Gasteiger charge is -2.08. The monoisotopic (exact) mass is 355 g/mol. The molecular weight excluding hydrogens is 330 g/mol. The summed E-state index contributed by atoms with van der Waals surface area (Å²) in [5, 5.41) is 0. The number of pyridine rings is 1. The Balaban J connectivity index is 1.96. The standard InChI is InChI=1S/C24H25N3/c1-16-10-6-7-13-21(16)25-19(4)22-14-9-15-23(27-22)20(5)26-24-17(2)11-8-12-18(24)3/h6-15H,1-5H3/b25-19+,26-20-. The average Bonchev–Trinajstić information content (AvgIpc) is 2.66. The Morgan fingerprint density at radius 1 is 0.630 bits per heavy atom. The van der Waals surface area contributed by atoms with Crippen molar-refractivity contribution in [3.05, 3.63) is 88.7 Å². The van der Waals surface area contributed by atoms with Gasteiger partial charge in [-0.05, 0) is 69.5 Å². The Morgan fingerprint density at radius 2 is 1.15 bits per heavy atom. The first-order valence-electron chi connectivity index (χ1n) is 9.16. The van der Waals surface area contributed by atoms with Crippen molar-refractivity contribution in [2.24, 2.45) is 9.98 Å². The predicted molar refractivity (Wildman–Crippen MR) is 115 cm³/mol. The summed E-state index contributed by atoms with van der Waals surface area (Å²) in [5.74, 6) is 0. The van der Waals surface area contributed by atoms with E-state index in [9.17, 15) is 0 Å². The molecule has 0 N–H and O–H groups in total. The second-order valence-electron chi connectivity index (χ2n) is 6.83. The molecule has 3 heteroatoms. The second kappa shape index (κ2) is 8.09. The summed E-state index contributed by atoms with van der Waals surface area (Å²) in [6.07, 6.45) is 0. The number of aromatic nitrogens is 1. The highest BCUT2D eigenvalue weighted by Gasteiger charge is 2.07. The Morgan fingerprint density at radius 3 is 1.78 bits per heavy atom. The molecule has 1 aromatic heterocycles. The number of nitrogens with zero attached hydrogens (tertiary/aromatic N) is 3. The van der Waals surface area contributed by atoms with Crippen molar-refractivity contribution >= 4 is 22.8 Å². The summed E-state index contributed by atoms with van der Waals surface area (Å²) >= 11 is 0. The minimum absolute atomic E-state index is 0.867. The summed E-state index contributed by atoms with van der Waals surface area (Å²) < 4.78 is 0. The van der Waals surface area contributed by atoms with Crippen LogP contribution in [0, 0.1) is 20.8 Å². The zero-order valence-electron chi connectivity index (χ0n) is 16.6. The van der Waals surface area contributed by atoms with Gasteiger partial charge in [0.2, 0.25) is 0 Å². The molecule has 0 fully saturated rings. The summed E-state index contributed by atoms with van der Waals surface area (Å²) in [6, 6.07) is 20.4. The number of rotatable bonds is 4. The maximum Gasteiger partial charge on any atom is 0.0849 e. The van der Waals surface area contributed by atoms with Gasteiger partial charge in [0.1, 0.15) is 0 Å². The molecule has 0 radical (unpaired) electrons. The summed E-state index contributed by atoms with van der Waals surface area (Å²) in [7, 11) is 0. The zero-order chi connectivity index (χ0) is 19.4. The molecule has 0 amide bonds. The number of hydrogen-bond acceptors (Lipinski definition) is 3. The normalized spacial score (nSPS) is 12.3. The fourth-order valence-corrected chi connectivity index (χ4v) is 2.97. The fourth-order valence-electron chi connectivity index (χ4n) is 2.97. The Kier molecular flexibility index (Phi) is 5.60. The van der Waals surface area contributed by atoms with Gasteiger partial charge in [0.15, 0.2) is 0 Å². The minimum atomic E-state index is 0.867. The molecule has 0 unspecified atom stereocenters. The summed E-state index contributed by atoms with van der Waals surface area (Å²) in [4.78, 5) is 14.4. The smallest absolute Gasteiger partial charge is 0.0849 e. The number of aryl methyl sites for hydroxylation is 3. The SMILES string of the molecule is C/C(=N/c1c(C)cccc1C)c1cccc(/C(C)=N/c2ccccc2C)n1. The summed E-state index contributed by atoms with van der Waals surface area (Å²) in [6.45, 7) is 10.2. The minimum Gasteiger partial charge on any atom is -0.251 e. The molecule has 0 saturated carbocycles. The van der Waals surface area contributed by atoms with Crippen LogP contribution in [0.2, 0.25) is 0 Å². The molecule has 0 saturated heterocycles. The van der Waals surface area contributed by atoms with E-state index in [2.05, 4.69) is 45.0 Å². The Labute approximate surface area is 161 Å². The van der Waals surface area contributed by atoms with E-state index in [1.54, 1.807) is 0 Å². The molecule has 3 rings (SSSR count). The average molecular weight is 355 g/mol. The van der Waals surface area contributed by atoms with Gasteiger partial charge in [-0.3, -0.25) is 9.98 Å². The molecule has 0 aliphatic carbocycles. The van der Waals surface area contributed by atoms with Crippen LogP contribution in [0.4, 0.5) is 11.4 Å². The van der Waals surface area contributed by atoms with E-state index < -0.39 is 0 Å². The quantitative estimate of drug-likeness (QED) is 0.507. The summed E-state index contributed by atoms with van der Waals surface area (Å²) in [5.41, 5.74) is 9.02. The third-order valence-electron chi connectivity index (χ3n) is 4.61. The van der Waals surface area contributed by atoms with Crippen LogP contribution in [-0.2, 0) is 0 Å². The molecule has 3 nitrogen and oxygen atoms in total. The van der Waals surface area contributed by atoms with Crippen LogP contribution in [-0.4, -0.2) is 16.4 Å². The molecule has 1 heterocycles. The lowest BCUT2D eigenvalue weighted by atomic mass is 10.1. The van der Waals surface area contributed by atoms with Crippen molar-refractivity contribution < 1.29 is 0 Å². The van der Waals surface area contributed by atoms with Crippen molar-refractivity contribution in [3.63, 3.8) is 0 Å². The van der Waals surface area contributed by atoms with Crippen LogP contribution in [0.3, 0.4) is 0 Å². The topological polar surface area (TPSA) is 37.6 Å². The van der Waals surface area contributed by atoms with Crippen molar-refractivity contribution in [3.8, 4) is 0 Å². The predicted octanol–water partition coefficient (Wildman–Crippen LogP) is 6.29. The lowest BCUT2D eigenvalue weighted by Crippen LogP contribution is -2.05. The van der Waals surface area contributed by atoms with Crippen LogP contribution in [0.15, 0.2) is 70.6 Å². The third kappa shape index (κ3) is 4.37. The van der Waals surface area contributed by atoms with Gasteiger partial charge < -0.3 is 0 Å². The van der Waals surface area contributed by atoms with Gasteiger partial charge in [0, 0.05) is 0 Å². The molecule has 2 aromatic carbocycles. The zero-order valence-corrected chi connectivity index (χ0v) is 16.6. The largest absolute Gasteiger partial charge is 0.251 e. The Hall–Kier alpha value is -3.07. The van der Waals surface area contributed by atoms with Crippen molar-refractivity contribution in [1.82, 2.24) is 4.98 Å². The van der Waals surface area contributed by atoms with E-state index in [0.717, 1.165) is 39.7 Å². The van der Waals surface area contributed by atoms with Crippen LogP contribution >= 0.6 is 0 Å². The van der Waals surface area contributed by atoms with E-state index in [1.165, 1.54) is 11.1 Å². The number of aliphatic imine (C=N–C) groups is 2. The number of benzene rings is 2. The maximum atomic E-state index is 4.84. The third-order valence-corrected chi connectivity index (χ3v) is 4.61. The molecule has 136 valence electrons. The first-order valence-corrected chi connectivity index (χ1v) is 9.16. The van der Waals surface area contributed by atoms with Crippen LogP contribution in [0.1, 0.15) is 41.9 Å². The fraction of sp³-hybridized carbons (Fsp3) is 0.208. The van der Waals surface area contributed by atoms with Crippen LogP contribution in [0.25, 0.3) is 0 Å². The van der Waals surface area contributed by atoms with Crippen molar-refractivity contribution in [2.45, 2.75) is 34.6 Å². The molecule has 27 heavy (non-hydrogen) atoms. The van der Waals surface area contributed by atoms with Gasteiger partial charge in [0.25, 0.3) is 0 Å². The molecule has 0 bridgehead atoms. The van der Waals surface area contributed by atoms with E-state index >= 15 is 0 Å². The van der Waals surface area contributed by atoms with E-state index in [-0.39, 0.29) is 0 Å². The van der Waals surface area contributed by atoms with Crippen molar-refractivity contribution in [1.29, 1.82) is 0 Å². The molecule has 3 aromatic rings. The second-order valence-corrected chi connectivity index (χ2v) is 6.83. The van der Waals surface area contributed by atoms with Gasteiger partial charge in [-0.15, -0.1) is 0 Å². The van der Waals surface area contributed by atoms with Gasteiger partial charge in [-0.1, -0.05) is 42.5 Å². The number of hydrogen-bond donors (Lipinski definition) is 0. The van der Waals surface area contributed by atoms with E-state index in [1.807, 2.05) is 50.2 Å². The first-order chi connectivity index (χ1) is 13.0. The highest BCUT2D eigenvalue weighted by Crippen LogP contribution is 2.24. The van der Waals surface area contributed by atoms with E-state index in [0.29, 0.717) is 0 Å². The van der Waals surface area contributed by atoms with Gasteiger partial charge in [-0.2, -0.15) is 0 Å². The lowest BCUT2D eigenvalue weighted by molar-refractivity contribution is 1.23. The Bertz CT molecular complexity index is 1010. The molecule has 0 atom stereocenters. The molecule has 0 aliphatic heterocycles. The van der Waals surface area contributed by atoms with Crippen LogP contribution in [0.5, 0.6) is 0 Å². The van der Waals surface area contributed by atoms with Crippen molar-refractivity contribution in [2.75, 3.05) is 0 Å². The van der Waals surface area contributed by atoms with Gasteiger partial charge >= 0.3 is 0 Å². The highest BCUT2D eigenvalue weighted by atomic mass is 14.8.